The fourth-order valence-corrected chi connectivity index (χ4v) is 4.33. The number of rotatable bonds is 5. The first-order chi connectivity index (χ1) is 15.8. The molecule has 0 spiro atoms. The first kappa shape index (κ1) is 22.9. The molecule has 1 saturated heterocycles. The van der Waals surface area contributed by atoms with Gasteiger partial charge in [0.05, 0.1) is 23.2 Å². The molecule has 1 amide bonds. The second-order valence-corrected chi connectivity index (χ2v) is 8.43. The maximum Gasteiger partial charge on any atom is 0.300 e. The van der Waals surface area contributed by atoms with Crippen molar-refractivity contribution in [2.45, 2.75) is 19.9 Å². The SMILES string of the molecule is CCOc1ccc(Cl)c(/C(O)=C2\C(=O)C(=O)N(c3cc(Cl)ccc3C)C2c2ccccc2)c1. The molecule has 3 aromatic carbocycles. The van der Waals surface area contributed by atoms with Gasteiger partial charge in [-0.25, -0.2) is 0 Å². The molecule has 33 heavy (non-hydrogen) atoms. The molecule has 5 nitrogen and oxygen atoms in total. The van der Waals surface area contributed by atoms with Gasteiger partial charge in [0.15, 0.2) is 0 Å². The summed E-state index contributed by atoms with van der Waals surface area (Å²) < 4.78 is 5.52. The third kappa shape index (κ3) is 4.22. The van der Waals surface area contributed by atoms with Crippen LogP contribution in [0.3, 0.4) is 0 Å². The maximum absolute atomic E-state index is 13.3. The van der Waals surface area contributed by atoms with E-state index in [1.165, 1.54) is 4.90 Å². The number of ether oxygens (including phenoxy) is 1. The minimum Gasteiger partial charge on any atom is -0.507 e. The lowest BCUT2D eigenvalue weighted by molar-refractivity contribution is -0.132. The number of carbonyl (C=O) groups is 2. The van der Waals surface area contributed by atoms with Crippen LogP contribution >= 0.6 is 23.2 Å². The number of anilines is 1. The molecule has 1 atom stereocenters. The Hall–Kier alpha value is -3.28. The Kier molecular flexibility index (Phi) is 6.45. The van der Waals surface area contributed by atoms with E-state index in [1.807, 2.05) is 32.0 Å². The highest BCUT2D eigenvalue weighted by molar-refractivity contribution is 6.52. The normalized spacial score (nSPS) is 17.5. The Morgan fingerprint density at radius 1 is 1.03 bits per heavy atom. The number of carbonyl (C=O) groups excluding carboxylic acids is 2. The zero-order chi connectivity index (χ0) is 23.7. The summed E-state index contributed by atoms with van der Waals surface area (Å²) in [5.41, 5.74) is 2.07. The molecule has 1 N–H and O–H groups in total. The van der Waals surface area contributed by atoms with E-state index >= 15 is 0 Å². The van der Waals surface area contributed by atoms with Crippen LogP contribution in [0.1, 0.15) is 29.7 Å². The van der Waals surface area contributed by atoms with Crippen LogP contribution < -0.4 is 9.64 Å². The van der Waals surface area contributed by atoms with Crippen molar-refractivity contribution in [3.63, 3.8) is 0 Å². The molecule has 0 aromatic heterocycles. The van der Waals surface area contributed by atoms with Gasteiger partial charge in [-0.2, -0.15) is 0 Å². The Labute approximate surface area is 201 Å². The molecule has 168 valence electrons. The number of halogens is 2. The van der Waals surface area contributed by atoms with Crippen molar-refractivity contribution in [3.05, 3.63) is 99.0 Å². The molecule has 1 aliphatic rings. The van der Waals surface area contributed by atoms with Crippen LogP contribution in [-0.4, -0.2) is 23.4 Å². The molecule has 1 heterocycles. The van der Waals surface area contributed by atoms with Gasteiger partial charge in [-0.1, -0.05) is 59.6 Å². The Bertz CT molecular complexity index is 1270. The van der Waals surface area contributed by atoms with Crippen LogP contribution in [0.25, 0.3) is 5.76 Å². The van der Waals surface area contributed by atoms with Crippen LogP contribution in [-0.2, 0) is 9.59 Å². The highest BCUT2D eigenvalue weighted by Crippen LogP contribution is 2.44. The van der Waals surface area contributed by atoms with Gasteiger partial charge in [-0.05, 0) is 55.3 Å². The van der Waals surface area contributed by atoms with E-state index in [4.69, 9.17) is 27.9 Å². The predicted molar refractivity (Wildman–Crippen MR) is 130 cm³/mol. The van der Waals surface area contributed by atoms with E-state index in [2.05, 4.69) is 0 Å². The highest BCUT2D eigenvalue weighted by atomic mass is 35.5. The number of aliphatic hydroxyl groups is 1. The Morgan fingerprint density at radius 2 is 1.76 bits per heavy atom. The molecule has 0 saturated carbocycles. The van der Waals surface area contributed by atoms with Crippen LogP contribution in [0.15, 0.2) is 72.3 Å². The first-order valence-electron chi connectivity index (χ1n) is 10.4. The van der Waals surface area contributed by atoms with E-state index in [-0.39, 0.29) is 21.9 Å². The summed E-state index contributed by atoms with van der Waals surface area (Å²) in [6.45, 7) is 4.09. The lowest BCUT2D eigenvalue weighted by Crippen LogP contribution is -2.30. The van der Waals surface area contributed by atoms with Gasteiger partial charge in [0.25, 0.3) is 11.7 Å². The number of hydrogen-bond donors (Lipinski definition) is 1. The summed E-state index contributed by atoms with van der Waals surface area (Å²) in [7, 11) is 0. The number of benzene rings is 3. The molecular formula is C26H21Cl2NO4. The number of nitrogens with zero attached hydrogens (tertiary/aromatic N) is 1. The van der Waals surface area contributed by atoms with Crippen molar-refractivity contribution in [1.82, 2.24) is 0 Å². The first-order valence-corrected chi connectivity index (χ1v) is 11.1. The van der Waals surface area contributed by atoms with Crippen molar-refractivity contribution >= 4 is 46.3 Å². The van der Waals surface area contributed by atoms with Crippen molar-refractivity contribution in [1.29, 1.82) is 0 Å². The summed E-state index contributed by atoms with van der Waals surface area (Å²) in [6, 6.07) is 18.1. The van der Waals surface area contributed by atoms with Crippen molar-refractivity contribution in [2.24, 2.45) is 0 Å². The van der Waals surface area contributed by atoms with Crippen LogP contribution in [0, 0.1) is 6.92 Å². The summed E-state index contributed by atoms with van der Waals surface area (Å²) in [5, 5.41) is 12.0. The monoisotopic (exact) mass is 481 g/mol. The average molecular weight is 482 g/mol. The molecule has 1 aliphatic heterocycles. The third-order valence-corrected chi connectivity index (χ3v) is 6.06. The number of aliphatic hydroxyl groups excluding tert-OH is 1. The molecule has 3 aromatic rings. The second kappa shape index (κ2) is 9.30. The van der Waals surface area contributed by atoms with E-state index in [1.54, 1.807) is 48.5 Å². The minimum atomic E-state index is -0.866. The minimum absolute atomic E-state index is 0.0545. The molecule has 0 bridgehead atoms. The number of hydrogen-bond acceptors (Lipinski definition) is 4. The maximum atomic E-state index is 13.3. The van der Waals surface area contributed by atoms with Crippen LogP contribution in [0.2, 0.25) is 10.0 Å². The standard InChI is InChI=1S/C26H21Cl2NO4/c1-3-33-18-11-12-20(28)19(14-18)24(30)22-23(16-7-5-4-6-8-16)29(26(32)25(22)31)21-13-17(27)10-9-15(21)2/h4-14,23,30H,3H2,1-2H3/b24-22+. The van der Waals surface area contributed by atoms with Crippen LogP contribution in [0.5, 0.6) is 5.75 Å². The van der Waals surface area contributed by atoms with E-state index in [9.17, 15) is 14.7 Å². The Morgan fingerprint density at radius 3 is 2.45 bits per heavy atom. The molecule has 0 radical (unpaired) electrons. The third-order valence-electron chi connectivity index (χ3n) is 5.49. The molecule has 4 rings (SSSR count). The van der Waals surface area contributed by atoms with Crippen molar-refractivity contribution in [2.75, 3.05) is 11.5 Å². The van der Waals surface area contributed by atoms with Gasteiger partial charge in [-0.15, -0.1) is 0 Å². The fourth-order valence-electron chi connectivity index (χ4n) is 3.96. The lowest BCUT2D eigenvalue weighted by atomic mass is 9.95. The van der Waals surface area contributed by atoms with Gasteiger partial charge in [-0.3, -0.25) is 14.5 Å². The largest absolute Gasteiger partial charge is 0.507 e. The van der Waals surface area contributed by atoms with Gasteiger partial charge in [0.2, 0.25) is 0 Å². The smallest absolute Gasteiger partial charge is 0.300 e. The topological polar surface area (TPSA) is 66.8 Å². The lowest BCUT2D eigenvalue weighted by Gasteiger charge is -2.27. The zero-order valence-corrected chi connectivity index (χ0v) is 19.5. The average Bonchev–Trinajstić information content (AvgIpc) is 3.07. The number of aryl methyl sites for hydroxylation is 1. The summed E-state index contributed by atoms with van der Waals surface area (Å²) >= 11 is 12.6. The number of ketones is 1. The van der Waals surface area contributed by atoms with Crippen molar-refractivity contribution in [3.8, 4) is 5.75 Å². The zero-order valence-electron chi connectivity index (χ0n) is 18.0. The Balaban J connectivity index is 1.98. The second-order valence-electron chi connectivity index (χ2n) is 7.59. The fraction of sp³-hybridized carbons (Fsp3) is 0.154. The molecule has 7 heteroatoms. The predicted octanol–water partition coefficient (Wildman–Crippen LogP) is 6.33. The summed E-state index contributed by atoms with van der Waals surface area (Å²) in [4.78, 5) is 28.0. The van der Waals surface area contributed by atoms with E-state index in [0.29, 0.717) is 28.6 Å². The van der Waals surface area contributed by atoms with Crippen LogP contribution in [0.4, 0.5) is 5.69 Å². The van der Waals surface area contributed by atoms with Gasteiger partial charge < -0.3 is 9.84 Å². The molecule has 0 aliphatic carbocycles. The number of Topliss-reactive ketones (excluding diaryl/α,β-unsaturated/α-hetero) is 1. The van der Waals surface area contributed by atoms with Gasteiger partial charge >= 0.3 is 0 Å². The highest BCUT2D eigenvalue weighted by Gasteiger charge is 2.47. The van der Waals surface area contributed by atoms with Gasteiger partial charge in [0, 0.05) is 16.3 Å². The number of amides is 1. The van der Waals surface area contributed by atoms with Gasteiger partial charge in [0.1, 0.15) is 11.5 Å². The van der Waals surface area contributed by atoms with E-state index < -0.39 is 17.7 Å². The summed E-state index contributed by atoms with van der Waals surface area (Å²) in [5.74, 6) is -1.44. The molecular weight excluding hydrogens is 461 g/mol. The van der Waals surface area contributed by atoms with Crippen molar-refractivity contribution < 1.29 is 19.4 Å². The van der Waals surface area contributed by atoms with E-state index in [0.717, 1.165) is 5.56 Å². The quantitative estimate of drug-likeness (QED) is 0.262. The summed E-state index contributed by atoms with van der Waals surface area (Å²) in [6.07, 6.45) is 0. The molecule has 1 unspecified atom stereocenters. The molecule has 1 fully saturated rings.